The summed E-state index contributed by atoms with van der Waals surface area (Å²) in [5.74, 6) is 0.436. The van der Waals surface area contributed by atoms with Gasteiger partial charge in [-0.15, -0.1) is 0 Å². The number of aromatic nitrogens is 1. The van der Waals surface area contributed by atoms with Crippen LogP contribution in [0.3, 0.4) is 0 Å². The molecule has 1 atom stereocenters. The number of nitrogens with zero attached hydrogens (tertiary/aromatic N) is 3. The minimum atomic E-state index is -0.293. The van der Waals surface area contributed by atoms with Crippen LogP contribution in [0.5, 0.6) is 0 Å². The third-order valence-corrected chi connectivity index (χ3v) is 4.67. The Morgan fingerprint density at radius 3 is 2.83 bits per heavy atom. The number of hydrogen-bond acceptors (Lipinski definition) is 4. The third-order valence-electron chi connectivity index (χ3n) is 4.67. The van der Waals surface area contributed by atoms with Crippen molar-refractivity contribution in [3.8, 4) is 11.3 Å². The molecule has 1 amide bonds. The van der Waals surface area contributed by atoms with Crippen LogP contribution in [0, 0.1) is 5.82 Å². The second kappa shape index (κ2) is 7.13. The van der Waals surface area contributed by atoms with Gasteiger partial charge in [-0.2, -0.15) is 0 Å². The van der Waals surface area contributed by atoms with Gasteiger partial charge in [0.15, 0.2) is 5.76 Å². The second-order valence-electron chi connectivity index (χ2n) is 6.40. The Hall–Kier alpha value is -2.21. The van der Waals surface area contributed by atoms with E-state index in [9.17, 15) is 9.18 Å². The van der Waals surface area contributed by atoms with E-state index in [0.717, 1.165) is 30.6 Å². The van der Waals surface area contributed by atoms with Crippen LogP contribution >= 0.6 is 0 Å². The standard InChI is InChI=1S/C18H22FN3O2/c1-21-10-9-16(12-21)22(2)17(23)8-5-14-11-20-24-18(14)13-3-6-15(19)7-4-13/h3-4,6-7,11,16H,5,8-10,12H2,1-2H3. The number of halogens is 1. The predicted molar refractivity (Wildman–Crippen MR) is 88.9 cm³/mol. The average Bonchev–Trinajstić information content (AvgIpc) is 3.21. The molecule has 1 aromatic carbocycles. The molecule has 3 rings (SSSR count). The Balaban J connectivity index is 1.62. The molecule has 1 aromatic heterocycles. The fraction of sp³-hybridized carbons (Fsp3) is 0.444. The van der Waals surface area contributed by atoms with Crippen LogP contribution in [0.1, 0.15) is 18.4 Å². The van der Waals surface area contributed by atoms with Crippen molar-refractivity contribution in [1.29, 1.82) is 0 Å². The van der Waals surface area contributed by atoms with Crippen molar-refractivity contribution in [2.24, 2.45) is 0 Å². The molecule has 5 nitrogen and oxygen atoms in total. The highest BCUT2D eigenvalue weighted by Crippen LogP contribution is 2.25. The van der Waals surface area contributed by atoms with E-state index in [2.05, 4.69) is 17.1 Å². The molecule has 0 N–H and O–H groups in total. The summed E-state index contributed by atoms with van der Waals surface area (Å²) in [6, 6.07) is 6.37. The van der Waals surface area contributed by atoms with Crippen LogP contribution in [0.25, 0.3) is 11.3 Å². The Kier molecular flexibility index (Phi) is 4.94. The summed E-state index contributed by atoms with van der Waals surface area (Å²) >= 11 is 0. The van der Waals surface area contributed by atoms with E-state index in [0.29, 0.717) is 24.6 Å². The van der Waals surface area contributed by atoms with Crippen LogP contribution in [-0.4, -0.2) is 54.1 Å². The molecule has 1 saturated heterocycles. The van der Waals surface area contributed by atoms with Gasteiger partial charge in [0.25, 0.3) is 0 Å². The van der Waals surface area contributed by atoms with Crippen LogP contribution < -0.4 is 0 Å². The number of rotatable bonds is 5. The van der Waals surface area contributed by atoms with Gasteiger partial charge in [-0.25, -0.2) is 4.39 Å². The van der Waals surface area contributed by atoms with Crippen molar-refractivity contribution in [2.45, 2.75) is 25.3 Å². The van der Waals surface area contributed by atoms with Crippen molar-refractivity contribution in [3.05, 3.63) is 41.8 Å². The van der Waals surface area contributed by atoms with E-state index in [-0.39, 0.29) is 11.7 Å². The van der Waals surface area contributed by atoms with E-state index in [1.165, 1.54) is 12.1 Å². The monoisotopic (exact) mass is 331 g/mol. The summed E-state index contributed by atoms with van der Waals surface area (Å²) < 4.78 is 18.3. The molecule has 2 heterocycles. The number of likely N-dealkylation sites (tertiary alicyclic amines) is 1. The van der Waals surface area contributed by atoms with Gasteiger partial charge >= 0.3 is 0 Å². The summed E-state index contributed by atoms with van der Waals surface area (Å²) in [7, 11) is 3.95. The molecule has 128 valence electrons. The van der Waals surface area contributed by atoms with Gasteiger partial charge in [-0.05, 0) is 50.7 Å². The van der Waals surface area contributed by atoms with E-state index < -0.39 is 0 Å². The number of benzene rings is 1. The molecule has 6 heteroatoms. The number of aryl methyl sites for hydroxylation is 1. The molecule has 0 spiro atoms. The fourth-order valence-electron chi connectivity index (χ4n) is 3.13. The third kappa shape index (κ3) is 3.64. The molecule has 0 bridgehead atoms. The molecule has 24 heavy (non-hydrogen) atoms. The van der Waals surface area contributed by atoms with Crippen LogP contribution in [-0.2, 0) is 11.2 Å². The Morgan fingerprint density at radius 1 is 1.42 bits per heavy atom. The highest BCUT2D eigenvalue weighted by atomic mass is 19.1. The number of carbonyl (C=O) groups is 1. The minimum absolute atomic E-state index is 0.126. The summed E-state index contributed by atoms with van der Waals surface area (Å²) in [5.41, 5.74) is 1.63. The summed E-state index contributed by atoms with van der Waals surface area (Å²) in [5, 5.41) is 3.83. The molecule has 0 aliphatic carbocycles. The average molecular weight is 331 g/mol. The molecule has 0 radical (unpaired) electrons. The molecule has 1 aliphatic heterocycles. The summed E-state index contributed by atoms with van der Waals surface area (Å²) in [6.45, 7) is 1.96. The maximum Gasteiger partial charge on any atom is 0.222 e. The highest BCUT2D eigenvalue weighted by Gasteiger charge is 2.26. The van der Waals surface area contributed by atoms with E-state index in [1.54, 1.807) is 18.3 Å². The molecule has 1 fully saturated rings. The number of hydrogen-bond donors (Lipinski definition) is 0. The lowest BCUT2D eigenvalue weighted by atomic mass is 10.0. The Labute approximate surface area is 141 Å². The first-order valence-corrected chi connectivity index (χ1v) is 8.18. The number of likely N-dealkylation sites (N-methyl/N-ethyl adjacent to an activating group) is 2. The zero-order valence-corrected chi connectivity index (χ0v) is 14.0. The van der Waals surface area contributed by atoms with E-state index >= 15 is 0 Å². The zero-order valence-electron chi connectivity index (χ0n) is 14.0. The van der Waals surface area contributed by atoms with Crippen LogP contribution in [0.4, 0.5) is 4.39 Å². The lowest BCUT2D eigenvalue weighted by molar-refractivity contribution is -0.131. The van der Waals surface area contributed by atoms with Crippen molar-refractivity contribution in [3.63, 3.8) is 0 Å². The SMILES string of the molecule is CN1CCC(N(C)C(=O)CCc2cnoc2-c2ccc(F)cc2)C1. The highest BCUT2D eigenvalue weighted by molar-refractivity contribution is 5.77. The van der Waals surface area contributed by atoms with E-state index in [4.69, 9.17) is 4.52 Å². The first-order chi connectivity index (χ1) is 11.5. The maximum absolute atomic E-state index is 13.0. The van der Waals surface area contributed by atoms with Crippen LogP contribution in [0.15, 0.2) is 35.0 Å². The molecular formula is C18H22FN3O2. The molecule has 2 aromatic rings. The van der Waals surface area contributed by atoms with Crippen molar-refractivity contribution < 1.29 is 13.7 Å². The molecule has 0 saturated carbocycles. The Morgan fingerprint density at radius 2 is 2.17 bits per heavy atom. The molecule has 1 unspecified atom stereocenters. The fourth-order valence-corrected chi connectivity index (χ4v) is 3.13. The van der Waals surface area contributed by atoms with E-state index in [1.807, 2.05) is 11.9 Å². The van der Waals surface area contributed by atoms with Gasteiger partial charge < -0.3 is 14.3 Å². The predicted octanol–water partition coefficient (Wildman–Crippen LogP) is 2.58. The second-order valence-corrected chi connectivity index (χ2v) is 6.40. The molecule has 1 aliphatic rings. The number of amides is 1. The van der Waals surface area contributed by atoms with Gasteiger partial charge in [0.2, 0.25) is 5.91 Å². The van der Waals surface area contributed by atoms with Crippen molar-refractivity contribution in [2.75, 3.05) is 27.2 Å². The minimum Gasteiger partial charge on any atom is -0.356 e. The lowest BCUT2D eigenvalue weighted by Crippen LogP contribution is -2.38. The van der Waals surface area contributed by atoms with Gasteiger partial charge in [-0.1, -0.05) is 5.16 Å². The maximum atomic E-state index is 13.0. The van der Waals surface area contributed by atoms with Gasteiger partial charge in [0.1, 0.15) is 5.82 Å². The van der Waals surface area contributed by atoms with Gasteiger partial charge in [0, 0.05) is 37.2 Å². The molecular weight excluding hydrogens is 309 g/mol. The first kappa shape index (κ1) is 16.6. The largest absolute Gasteiger partial charge is 0.356 e. The lowest BCUT2D eigenvalue weighted by Gasteiger charge is -2.24. The number of carbonyl (C=O) groups excluding carboxylic acids is 1. The van der Waals surface area contributed by atoms with Crippen LogP contribution in [0.2, 0.25) is 0 Å². The zero-order chi connectivity index (χ0) is 17.1. The summed E-state index contributed by atoms with van der Waals surface area (Å²) in [4.78, 5) is 16.5. The quantitative estimate of drug-likeness (QED) is 0.845. The Bertz CT molecular complexity index is 699. The summed E-state index contributed by atoms with van der Waals surface area (Å²) in [6.07, 6.45) is 3.62. The van der Waals surface area contributed by atoms with Gasteiger partial charge in [0.05, 0.1) is 6.20 Å². The smallest absolute Gasteiger partial charge is 0.222 e. The normalized spacial score (nSPS) is 18.0. The van der Waals surface area contributed by atoms with Gasteiger partial charge in [-0.3, -0.25) is 4.79 Å². The first-order valence-electron chi connectivity index (χ1n) is 8.18. The van der Waals surface area contributed by atoms with Crippen molar-refractivity contribution >= 4 is 5.91 Å². The topological polar surface area (TPSA) is 49.6 Å². The van der Waals surface area contributed by atoms with Crippen molar-refractivity contribution in [1.82, 2.24) is 15.0 Å².